The van der Waals surface area contributed by atoms with Gasteiger partial charge >= 0.3 is 0 Å². The zero-order valence-corrected chi connectivity index (χ0v) is 14.7. The molecule has 2 fully saturated rings. The van der Waals surface area contributed by atoms with Crippen LogP contribution in [0.2, 0.25) is 5.28 Å². The normalized spacial score (nSPS) is 30.1. The standard InChI is InChI=1S/C17H16ClN5O4/c18-17-21-13(19)10-14(22-17)23(7-20-10)15-12-11(9(6-24)25-15)26-16(27-12)8-4-2-1-3-5-8/h1-5,7,9,11-12,15-16,24H,6H2,(H2,19,21,22)/t9-,11-,12-,15-,16?/m1/s1. The lowest BCUT2D eigenvalue weighted by Gasteiger charge is -2.20. The molecule has 27 heavy (non-hydrogen) atoms. The van der Waals surface area contributed by atoms with Crippen molar-refractivity contribution in [2.75, 3.05) is 12.3 Å². The van der Waals surface area contributed by atoms with Gasteiger partial charge in [0, 0.05) is 5.56 Å². The Bertz CT molecular complexity index is 984. The van der Waals surface area contributed by atoms with Crippen molar-refractivity contribution < 1.29 is 19.3 Å². The van der Waals surface area contributed by atoms with E-state index >= 15 is 0 Å². The predicted molar refractivity (Wildman–Crippen MR) is 94.7 cm³/mol. The smallest absolute Gasteiger partial charge is 0.226 e. The van der Waals surface area contributed by atoms with Crippen LogP contribution in [0, 0.1) is 0 Å². The van der Waals surface area contributed by atoms with Crippen molar-refractivity contribution in [1.82, 2.24) is 19.5 Å². The van der Waals surface area contributed by atoms with Crippen LogP contribution in [-0.2, 0) is 14.2 Å². The number of nitrogens with zero attached hydrogens (tertiary/aromatic N) is 4. The molecule has 1 aromatic carbocycles. The van der Waals surface area contributed by atoms with E-state index in [1.165, 1.54) is 0 Å². The van der Waals surface area contributed by atoms with Gasteiger partial charge in [-0.1, -0.05) is 30.3 Å². The molecule has 1 unspecified atom stereocenters. The molecule has 0 aliphatic carbocycles. The first-order valence-corrected chi connectivity index (χ1v) is 8.81. The van der Waals surface area contributed by atoms with Crippen LogP contribution in [0.3, 0.4) is 0 Å². The number of nitrogens with two attached hydrogens (primary N) is 1. The highest BCUT2D eigenvalue weighted by Gasteiger charge is 2.53. The lowest BCUT2D eigenvalue weighted by atomic mass is 10.1. The molecule has 10 heteroatoms. The summed E-state index contributed by atoms with van der Waals surface area (Å²) in [5.41, 5.74) is 7.63. The second kappa shape index (κ2) is 6.39. The van der Waals surface area contributed by atoms with E-state index in [1.54, 1.807) is 10.9 Å². The Morgan fingerprint density at radius 3 is 2.67 bits per heavy atom. The molecule has 2 aromatic heterocycles. The van der Waals surface area contributed by atoms with Crippen molar-refractivity contribution in [2.45, 2.75) is 30.8 Å². The second-order valence-corrected chi connectivity index (χ2v) is 6.73. The van der Waals surface area contributed by atoms with Crippen LogP contribution in [-0.4, -0.2) is 49.5 Å². The van der Waals surface area contributed by atoms with Crippen LogP contribution in [0.5, 0.6) is 0 Å². The van der Waals surface area contributed by atoms with Gasteiger partial charge in [-0.2, -0.15) is 9.97 Å². The number of aliphatic hydroxyl groups is 1. The first-order chi connectivity index (χ1) is 13.2. The van der Waals surface area contributed by atoms with Gasteiger partial charge in [0.15, 0.2) is 24.0 Å². The molecule has 3 N–H and O–H groups in total. The van der Waals surface area contributed by atoms with Crippen LogP contribution in [0.4, 0.5) is 5.82 Å². The van der Waals surface area contributed by atoms with Gasteiger partial charge in [0.2, 0.25) is 5.28 Å². The largest absolute Gasteiger partial charge is 0.394 e. The summed E-state index contributed by atoms with van der Waals surface area (Å²) in [7, 11) is 0. The summed E-state index contributed by atoms with van der Waals surface area (Å²) in [6.45, 7) is -0.201. The maximum Gasteiger partial charge on any atom is 0.226 e. The summed E-state index contributed by atoms with van der Waals surface area (Å²) in [6.07, 6.45) is -1.03. The molecule has 2 aliphatic rings. The molecule has 0 spiro atoms. The molecule has 0 radical (unpaired) electrons. The van der Waals surface area contributed by atoms with Gasteiger partial charge in [-0.15, -0.1) is 0 Å². The van der Waals surface area contributed by atoms with E-state index in [9.17, 15) is 5.11 Å². The van der Waals surface area contributed by atoms with E-state index in [2.05, 4.69) is 15.0 Å². The summed E-state index contributed by atoms with van der Waals surface area (Å²) in [5.74, 6) is 0.183. The van der Waals surface area contributed by atoms with Crippen LogP contribution in [0.1, 0.15) is 18.1 Å². The maximum atomic E-state index is 9.73. The Labute approximate surface area is 158 Å². The van der Waals surface area contributed by atoms with Crippen molar-refractivity contribution in [1.29, 1.82) is 0 Å². The first kappa shape index (κ1) is 16.8. The number of fused-ring (bicyclic) bond motifs is 2. The number of hydrogen-bond donors (Lipinski definition) is 2. The summed E-state index contributed by atoms with van der Waals surface area (Å²) < 4.78 is 19.8. The number of rotatable bonds is 3. The third-order valence-corrected chi connectivity index (χ3v) is 4.96. The van der Waals surface area contributed by atoms with E-state index in [4.69, 9.17) is 31.5 Å². The lowest BCUT2D eigenvalue weighted by Crippen LogP contribution is -2.30. The van der Waals surface area contributed by atoms with E-state index < -0.39 is 30.8 Å². The van der Waals surface area contributed by atoms with E-state index in [-0.39, 0.29) is 17.7 Å². The number of aromatic nitrogens is 4. The van der Waals surface area contributed by atoms with Crippen LogP contribution < -0.4 is 5.73 Å². The molecular formula is C17H16ClN5O4. The van der Waals surface area contributed by atoms with E-state index in [1.807, 2.05) is 30.3 Å². The Hall–Kier alpha value is -2.30. The second-order valence-electron chi connectivity index (χ2n) is 6.39. The molecule has 0 saturated carbocycles. The van der Waals surface area contributed by atoms with Gasteiger partial charge in [-0.3, -0.25) is 4.57 Å². The Morgan fingerprint density at radius 1 is 1.11 bits per heavy atom. The minimum absolute atomic E-state index is 0.0146. The van der Waals surface area contributed by atoms with Crippen molar-refractivity contribution in [2.24, 2.45) is 0 Å². The highest BCUT2D eigenvalue weighted by Crippen LogP contribution is 2.44. The minimum Gasteiger partial charge on any atom is -0.394 e. The molecule has 5 rings (SSSR count). The van der Waals surface area contributed by atoms with Gasteiger partial charge in [-0.25, -0.2) is 4.98 Å². The number of halogens is 1. The molecule has 140 valence electrons. The molecule has 5 atom stereocenters. The fraction of sp³-hybridized carbons (Fsp3) is 0.353. The fourth-order valence-corrected chi connectivity index (χ4v) is 3.74. The number of nitrogen functional groups attached to an aromatic ring is 1. The summed E-state index contributed by atoms with van der Waals surface area (Å²) >= 11 is 5.95. The number of anilines is 1. The fourth-order valence-electron chi connectivity index (χ4n) is 3.57. The zero-order valence-electron chi connectivity index (χ0n) is 14.0. The maximum absolute atomic E-state index is 9.73. The monoisotopic (exact) mass is 389 g/mol. The van der Waals surface area contributed by atoms with E-state index in [0.717, 1.165) is 5.56 Å². The Balaban J connectivity index is 1.52. The first-order valence-electron chi connectivity index (χ1n) is 8.43. The molecular weight excluding hydrogens is 374 g/mol. The van der Waals surface area contributed by atoms with Crippen molar-refractivity contribution in [3.05, 3.63) is 47.5 Å². The number of hydrogen-bond acceptors (Lipinski definition) is 8. The third kappa shape index (κ3) is 2.67. The quantitative estimate of drug-likeness (QED) is 0.646. The van der Waals surface area contributed by atoms with Crippen LogP contribution in [0.25, 0.3) is 11.2 Å². The zero-order chi connectivity index (χ0) is 18.5. The highest BCUT2D eigenvalue weighted by molar-refractivity contribution is 6.28. The molecule has 3 aromatic rings. The average molecular weight is 390 g/mol. The molecule has 2 aliphatic heterocycles. The van der Waals surface area contributed by atoms with Crippen molar-refractivity contribution in [3.8, 4) is 0 Å². The van der Waals surface area contributed by atoms with Crippen molar-refractivity contribution >= 4 is 28.6 Å². The van der Waals surface area contributed by atoms with Gasteiger partial charge in [0.1, 0.15) is 23.8 Å². The topological polar surface area (TPSA) is 118 Å². The molecule has 4 heterocycles. The van der Waals surface area contributed by atoms with Crippen molar-refractivity contribution in [3.63, 3.8) is 0 Å². The molecule has 0 amide bonds. The van der Waals surface area contributed by atoms with Gasteiger partial charge < -0.3 is 25.1 Å². The Kier molecular flexibility index (Phi) is 3.99. The predicted octanol–water partition coefficient (Wildman–Crippen LogP) is 1.43. The van der Waals surface area contributed by atoms with Gasteiger partial charge in [0.05, 0.1) is 12.9 Å². The number of aliphatic hydroxyl groups excluding tert-OH is 1. The molecule has 9 nitrogen and oxygen atoms in total. The summed E-state index contributed by atoms with van der Waals surface area (Å²) in [6, 6.07) is 9.61. The molecule has 2 saturated heterocycles. The summed E-state index contributed by atoms with van der Waals surface area (Å²) in [4.78, 5) is 12.4. The number of ether oxygens (including phenoxy) is 3. The number of benzene rings is 1. The van der Waals surface area contributed by atoms with Crippen LogP contribution >= 0.6 is 11.6 Å². The number of imidazole rings is 1. The average Bonchev–Trinajstić information content (AvgIpc) is 3.35. The van der Waals surface area contributed by atoms with Gasteiger partial charge in [-0.05, 0) is 11.6 Å². The Morgan fingerprint density at radius 2 is 1.89 bits per heavy atom. The SMILES string of the molecule is Nc1nc(Cl)nc2c1ncn2[C@@H]1O[C@H](CO)[C@H]2OC(c3ccccc3)O[C@H]21. The highest BCUT2D eigenvalue weighted by atomic mass is 35.5. The van der Waals surface area contributed by atoms with Crippen LogP contribution in [0.15, 0.2) is 36.7 Å². The minimum atomic E-state index is -0.601. The lowest BCUT2D eigenvalue weighted by molar-refractivity contribution is -0.153. The van der Waals surface area contributed by atoms with Gasteiger partial charge in [0.25, 0.3) is 0 Å². The summed E-state index contributed by atoms with van der Waals surface area (Å²) in [5, 5.41) is 9.75. The molecule has 0 bridgehead atoms. The third-order valence-electron chi connectivity index (χ3n) is 4.79. The van der Waals surface area contributed by atoms with E-state index in [0.29, 0.717) is 11.2 Å².